The van der Waals surface area contributed by atoms with E-state index in [0.717, 1.165) is 49.7 Å². The second-order valence-electron chi connectivity index (χ2n) is 4.74. The van der Waals surface area contributed by atoms with Gasteiger partial charge in [0.1, 0.15) is 0 Å². The Labute approximate surface area is 117 Å². The highest BCUT2D eigenvalue weighted by Gasteiger charge is 2.12. The minimum atomic E-state index is 0.741. The summed E-state index contributed by atoms with van der Waals surface area (Å²) in [6.45, 7) is 5.02. The zero-order valence-corrected chi connectivity index (χ0v) is 12.0. The molecule has 1 saturated heterocycles. The lowest BCUT2D eigenvalue weighted by atomic mass is 10.2. The summed E-state index contributed by atoms with van der Waals surface area (Å²) >= 11 is 1.77. The molecule has 1 fully saturated rings. The van der Waals surface area contributed by atoms with Crippen molar-refractivity contribution in [2.24, 2.45) is 0 Å². The Kier molecular flexibility index (Phi) is 3.96. The van der Waals surface area contributed by atoms with Crippen LogP contribution in [-0.4, -0.2) is 44.9 Å². The smallest absolute Gasteiger partial charge is 0.0961 e. The molecule has 0 radical (unpaired) electrons. The summed E-state index contributed by atoms with van der Waals surface area (Å²) in [5.41, 5.74) is 2.41. The van der Waals surface area contributed by atoms with Gasteiger partial charge in [-0.3, -0.25) is 0 Å². The van der Waals surface area contributed by atoms with E-state index >= 15 is 0 Å². The van der Waals surface area contributed by atoms with E-state index in [-0.39, 0.29) is 0 Å². The number of nitrogens with one attached hydrogen (secondary N) is 1. The average Bonchev–Trinajstić information content (AvgIpc) is 2.87. The second kappa shape index (κ2) is 5.86. The van der Waals surface area contributed by atoms with Gasteiger partial charge in [-0.25, -0.2) is 4.98 Å². The molecule has 19 heavy (non-hydrogen) atoms. The Morgan fingerprint density at radius 1 is 1.37 bits per heavy atom. The monoisotopic (exact) mass is 277 g/mol. The van der Waals surface area contributed by atoms with Crippen LogP contribution in [0.2, 0.25) is 0 Å². The van der Waals surface area contributed by atoms with E-state index in [1.54, 1.807) is 18.4 Å². The molecule has 0 amide bonds. The summed E-state index contributed by atoms with van der Waals surface area (Å²) in [5.74, 6) is 0. The first-order valence-corrected chi connectivity index (χ1v) is 7.52. The van der Waals surface area contributed by atoms with Gasteiger partial charge >= 0.3 is 0 Å². The maximum atomic E-state index is 5.11. The van der Waals surface area contributed by atoms with Gasteiger partial charge in [-0.1, -0.05) is 0 Å². The quantitative estimate of drug-likeness (QED) is 0.926. The number of anilines is 1. The third kappa shape index (κ3) is 2.88. The molecule has 0 bridgehead atoms. The highest BCUT2D eigenvalue weighted by Crippen LogP contribution is 2.27. The number of hydrogen-bond acceptors (Lipinski definition) is 5. The molecule has 2 aromatic rings. The van der Waals surface area contributed by atoms with Crippen molar-refractivity contribution >= 4 is 27.2 Å². The summed E-state index contributed by atoms with van der Waals surface area (Å²) in [6, 6.07) is 6.63. The van der Waals surface area contributed by atoms with Crippen LogP contribution in [0.5, 0.6) is 0 Å². The largest absolute Gasteiger partial charge is 0.384 e. The maximum Gasteiger partial charge on any atom is 0.0961 e. The van der Waals surface area contributed by atoms with Crippen LogP contribution in [0.1, 0.15) is 5.01 Å². The van der Waals surface area contributed by atoms with E-state index in [2.05, 4.69) is 28.4 Å². The molecule has 0 atom stereocenters. The Hall–Kier alpha value is -1.17. The number of thiazole rings is 1. The second-order valence-corrected chi connectivity index (χ2v) is 5.85. The van der Waals surface area contributed by atoms with E-state index in [1.807, 2.05) is 0 Å². The lowest BCUT2D eigenvalue weighted by Crippen LogP contribution is -2.43. The van der Waals surface area contributed by atoms with Crippen molar-refractivity contribution in [1.82, 2.24) is 10.3 Å². The fourth-order valence-corrected chi connectivity index (χ4v) is 3.31. The molecule has 0 aliphatic carbocycles. The van der Waals surface area contributed by atoms with Crippen LogP contribution >= 0.6 is 11.3 Å². The van der Waals surface area contributed by atoms with Crippen LogP contribution in [0.15, 0.2) is 18.2 Å². The van der Waals surface area contributed by atoms with Crippen molar-refractivity contribution in [3.05, 3.63) is 23.2 Å². The number of rotatable bonds is 4. The highest BCUT2D eigenvalue weighted by atomic mass is 32.1. The average molecular weight is 277 g/mol. The zero-order chi connectivity index (χ0) is 13.1. The van der Waals surface area contributed by atoms with E-state index in [1.165, 1.54) is 10.4 Å². The Morgan fingerprint density at radius 2 is 2.21 bits per heavy atom. The normalized spacial score (nSPS) is 16.2. The van der Waals surface area contributed by atoms with Gasteiger partial charge in [0.25, 0.3) is 0 Å². The van der Waals surface area contributed by atoms with Crippen molar-refractivity contribution in [3.8, 4) is 0 Å². The minimum absolute atomic E-state index is 0.741. The molecule has 3 rings (SSSR count). The number of piperazine rings is 1. The van der Waals surface area contributed by atoms with Gasteiger partial charge in [0.15, 0.2) is 0 Å². The van der Waals surface area contributed by atoms with Crippen molar-refractivity contribution in [3.63, 3.8) is 0 Å². The van der Waals surface area contributed by atoms with Crippen LogP contribution in [0.3, 0.4) is 0 Å². The van der Waals surface area contributed by atoms with Gasteiger partial charge in [0.05, 0.1) is 21.8 Å². The Bertz CT molecular complexity index is 549. The van der Waals surface area contributed by atoms with Crippen LogP contribution in [0, 0.1) is 0 Å². The number of aromatic nitrogens is 1. The molecule has 4 nitrogen and oxygen atoms in total. The third-order valence-electron chi connectivity index (χ3n) is 3.42. The summed E-state index contributed by atoms with van der Waals surface area (Å²) in [7, 11) is 1.73. The molecule has 1 aliphatic rings. The first-order chi connectivity index (χ1) is 9.36. The summed E-state index contributed by atoms with van der Waals surface area (Å²) in [6.07, 6.45) is 0.902. The predicted octanol–water partition coefficient (Wildman–Crippen LogP) is 1.89. The van der Waals surface area contributed by atoms with Gasteiger partial charge in [0.2, 0.25) is 0 Å². The maximum absolute atomic E-state index is 5.11. The molecule has 1 aliphatic heterocycles. The van der Waals surface area contributed by atoms with Crippen molar-refractivity contribution < 1.29 is 4.74 Å². The zero-order valence-electron chi connectivity index (χ0n) is 11.2. The molecule has 1 aromatic carbocycles. The Balaban J connectivity index is 1.83. The van der Waals surface area contributed by atoms with E-state index < -0.39 is 0 Å². The molecule has 102 valence electrons. The van der Waals surface area contributed by atoms with E-state index in [0.29, 0.717) is 0 Å². The summed E-state index contributed by atoms with van der Waals surface area (Å²) < 4.78 is 6.38. The fraction of sp³-hybridized carbons (Fsp3) is 0.500. The number of ether oxygens (including phenoxy) is 1. The topological polar surface area (TPSA) is 37.4 Å². The summed E-state index contributed by atoms with van der Waals surface area (Å²) in [4.78, 5) is 7.12. The Morgan fingerprint density at radius 3 is 3.00 bits per heavy atom. The molecule has 1 aromatic heterocycles. The molecular weight excluding hydrogens is 258 g/mol. The number of methoxy groups -OCH3 is 1. The van der Waals surface area contributed by atoms with Gasteiger partial charge in [-0.05, 0) is 18.2 Å². The molecular formula is C14H19N3OS. The first-order valence-electron chi connectivity index (χ1n) is 6.71. The number of benzene rings is 1. The first kappa shape index (κ1) is 12.8. The lowest BCUT2D eigenvalue weighted by Gasteiger charge is -2.29. The SMILES string of the molecule is COCCc1nc2cc(N3CCNCC3)ccc2s1. The van der Waals surface area contributed by atoms with Gasteiger partial charge in [-0.2, -0.15) is 0 Å². The summed E-state index contributed by atoms with van der Waals surface area (Å²) in [5, 5.41) is 4.54. The van der Waals surface area contributed by atoms with Gasteiger partial charge in [0, 0.05) is 45.4 Å². The molecule has 1 N–H and O–H groups in total. The van der Waals surface area contributed by atoms with Crippen molar-refractivity contribution in [2.45, 2.75) is 6.42 Å². The lowest BCUT2D eigenvalue weighted by molar-refractivity contribution is 0.202. The third-order valence-corrected chi connectivity index (χ3v) is 4.51. The van der Waals surface area contributed by atoms with E-state index in [4.69, 9.17) is 9.72 Å². The molecule has 5 heteroatoms. The predicted molar refractivity (Wildman–Crippen MR) is 80.3 cm³/mol. The minimum Gasteiger partial charge on any atom is -0.384 e. The van der Waals surface area contributed by atoms with Crippen LogP contribution in [-0.2, 0) is 11.2 Å². The number of hydrogen-bond donors (Lipinski definition) is 1. The van der Waals surface area contributed by atoms with E-state index in [9.17, 15) is 0 Å². The van der Waals surface area contributed by atoms with Crippen LogP contribution in [0.4, 0.5) is 5.69 Å². The molecule has 0 spiro atoms. The van der Waals surface area contributed by atoms with Gasteiger partial charge in [-0.15, -0.1) is 11.3 Å². The fourth-order valence-electron chi connectivity index (χ4n) is 2.38. The van der Waals surface area contributed by atoms with Crippen molar-refractivity contribution in [1.29, 1.82) is 0 Å². The molecule has 0 unspecified atom stereocenters. The number of fused-ring (bicyclic) bond motifs is 1. The van der Waals surface area contributed by atoms with Gasteiger partial charge < -0.3 is 15.0 Å². The van der Waals surface area contributed by atoms with Crippen LogP contribution in [0.25, 0.3) is 10.2 Å². The molecule has 2 heterocycles. The number of nitrogens with zero attached hydrogens (tertiary/aromatic N) is 2. The van der Waals surface area contributed by atoms with Crippen molar-refractivity contribution in [2.75, 3.05) is 44.8 Å². The van der Waals surface area contributed by atoms with Crippen LogP contribution < -0.4 is 10.2 Å². The highest BCUT2D eigenvalue weighted by molar-refractivity contribution is 7.18. The molecule has 0 saturated carbocycles. The standard InChI is InChI=1S/C14H19N3OS/c1-18-9-4-14-16-12-10-11(2-3-13(12)19-14)17-7-5-15-6-8-17/h2-3,10,15H,4-9H2,1H3.